The minimum absolute atomic E-state index is 0.157. The highest BCUT2D eigenvalue weighted by Gasteiger charge is 2.09. The fourth-order valence-electron chi connectivity index (χ4n) is 0.924. The lowest BCUT2D eigenvalue weighted by molar-refractivity contribution is 0.258. The Balaban J connectivity index is 3.95. The molecular weight excluding hydrogens is 188 g/mol. The third kappa shape index (κ3) is 7.74. The number of rotatable bonds is 7. The van der Waals surface area contributed by atoms with Crippen LogP contribution in [0.1, 0.15) is 12.8 Å². The minimum atomic E-state index is -3.32. The van der Waals surface area contributed by atoms with Crippen LogP contribution in [0.2, 0.25) is 0 Å². The molecule has 0 aromatic carbocycles. The molecule has 0 amide bonds. The van der Waals surface area contributed by atoms with E-state index in [0.717, 1.165) is 19.1 Å². The molecule has 0 rings (SSSR count). The van der Waals surface area contributed by atoms with E-state index < -0.39 is 10.1 Å². The molecule has 0 aromatic rings. The maximum absolute atomic E-state index is 10.7. The Morgan fingerprint density at radius 2 is 1.77 bits per heavy atom. The first kappa shape index (κ1) is 12.4. The Morgan fingerprint density at radius 3 is 2.08 bits per heavy atom. The molecule has 13 heavy (non-hydrogen) atoms. The van der Waals surface area contributed by atoms with Gasteiger partial charge in [0.15, 0.2) is 0 Å². The molecule has 0 atom stereocenters. The first-order chi connectivity index (χ1) is 5.99. The van der Waals surface area contributed by atoms with E-state index in [2.05, 4.69) is 17.3 Å². The van der Waals surface area contributed by atoms with E-state index in [1.54, 1.807) is 12.2 Å². The Kier molecular flexibility index (Phi) is 5.66. The van der Waals surface area contributed by atoms with Crippen molar-refractivity contribution in [2.45, 2.75) is 12.8 Å². The monoisotopic (exact) mass is 204 g/mol. The van der Waals surface area contributed by atoms with Gasteiger partial charge in [-0.05, 0) is 18.8 Å². The van der Waals surface area contributed by atoms with E-state index in [1.807, 2.05) is 0 Å². The molecular formula is C9H16O3S. The molecule has 0 N–H and O–H groups in total. The summed E-state index contributed by atoms with van der Waals surface area (Å²) in [5.41, 5.74) is 0. The summed E-state index contributed by atoms with van der Waals surface area (Å²) in [7, 11) is -3.32. The molecule has 0 fully saturated rings. The first-order valence-electron chi connectivity index (χ1n) is 4.05. The molecule has 0 radical (unpaired) electrons. The second-order valence-electron chi connectivity index (χ2n) is 2.90. The van der Waals surface area contributed by atoms with Crippen molar-refractivity contribution in [3.05, 3.63) is 25.3 Å². The fourth-order valence-corrected chi connectivity index (χ4v) is 1.36. The van der Waals surface area contributed by atoms with Crippen LogP contribution in [0, 0.1) is 5.92 Å². The molecule has 0 heterocycles. The predicted octanol–water partition coefficient (Wildman–Crippen LogP) is 1.73. The lowest BCUT2D eigenvalue weighted by Crippen LogP contribution is -2.12. The second-order valence-corrected chi connectivity index (χ2v) is 4.55. The lowest BCUT2D eigenvalue weighted by Gasteiger charge is -2.11. The van der Waals surface area contributed by atoms with Gasteiger partial charge in [-0.15, -0.1) is 13.2 Å². The van der Waals surface area contributed by atoms with E-state index in [-0.39, 0.29) is 12.5 Å². The van der Waals surface area contributed by atoms with E-state index in [4.69, 9.17) is 0 Å². The number of allylic oxidation sites excluding steroid dienone is 2. The van der Waals surface area contributed by atoms with Crippen molar-refractivity contribution in [3.63, 3.8) is 0 Å². The van der Waals surface area contributed by atoms with Gasteiger partial charge in [-0.3, -0.25) is 4.18 Å². The maximum atomic E-state index is 10.7. The Hall–Kier alpha value is -0.610. The van der Waals surface area contributed by atoms with Crippen LogP contribution in [-0.2, 0) is 14.3 Å². The van der Waals surface area contributed by atoms with Crippen LogP contribution >= 0.6 is 0 Å². The van der Waals surface area contributed by atoms with Crippen LogP contribution in [0.3, 0.4) is 0 Å². The molecule has 4 heteroatoms. The van der Waals surface area contributed by atoms with Crippen molar-refractivity contribution in [1.29, 1.82) is 0 Å². The summed E-state index contributed by atoms with van der Waals surface area (Å²) in [6.45, 7) is 7.38. The molecule has 0 spiro atoms. The maximum Gasteiger partial charge on any atom is 0.264 e. The van der Waals surface area contributed by atoms with E-state index in [1.165, 1.54) is 0 Å². The van der Waals surface area contributed by atoms with Gasteiger partial charge in [-0.1, -0.05) is 12.2 Å². The Bertz CT molecular complexity index is 244. The number of hydrogen-bond donors (Lipinski definition) is 0. The Morgan fingerprint density at radius 1 is 1.31 bits per heavy atom. The van der Waals surface area contributed by atoms with Gasteiger partial charge in [0.2, 0.25) is 0 Å². The molecule has 0 unspecified atom stereocenters. The predicted molar refractivity (Wildman–Crippen MR) is 53.9 cm³/mol. The van der Waals surface area contributed by atoms with Crippen molar-refractivity contribution >= 4 is 10.1 Å². The lowest BCUT2D eigenvalue weighted by atomic mass is 10.0. The van der Waals surface area contributed by atoms with Gasteiger partial charge in [0.25, 0.3) is 10.1 Å². The molecule has 76 valence electrons. The molecule has 0 aliphatic heterocycles. The summed E-state index contributed by atoms with van der Waals surface area (Å²) < 4.78 is 26.0. The average molecular weight is 204 g/mol. The van der Waals surface area contributed by atoms with Crippen molar-refractivity contribution < 1.29 is 12.6 Å². The van der Waals surface area contributed by atoms with Gasteiger partial charge in [0, 0.05) is 0 Å². The van der Waals surface area contributed by atoms with Gasteiger partial charge < -0.3 is 0 Å². The zero-order valence-electron chi connectivity index (χ0n) is 7.90. The molecule has 0 aliphatic carbocycles. The van der Waals surface area contributed by atoms with Crippen LogP contribution in [0.4, 0.5) is 0 Å². The second kappa shape index (κ2) is 5.94. The molecule has 0 saturated carbocycles. The van der Waals surface area contributed by atoms with Crippen LogP contribution in [0.15, 0.2) is 25.3 Å². The third-order valence-electron chi connectivity index (χ3n) is 1.52. The smallest absolute Gasteiger partial charge is 0.264 e. The molecule has 0 bridgehead atoms. The first-order valence-corrected chi connectivity index (χ1v) is 5.87. The summed E-state index contributed by atoms with van der Waals surface area (Å²) in [6.07, 6.45) is 6.02. The van der Waals surface area contributed by atoms with Crippen LogP contribution in [0.25, 0.3) is 0 Å². The Labute approximate surface area is 80.2 Å². The van der Waals surface area contributed by atoms with Gasteiger partial charge in [0.05, 0.1) is 12.9 Å². The van der Waals surface area contributed by atoms with Crippen molar-refractivity contribution in [3.8, 4) is 0 Å². The fraction of sp³-hybridized carbons (Fsp3) is 0.556. The molecule has 3 nitrogen and oxygen atoms in total. The molecule has 0 aromatic heterocycles. The minimum Gasteiger partial charge on any atom is -0.270 e. The van der Waals surface area contributed by atoms with Crippen LogP contribution in [-0.4, -0.2) is 21.3 Å². The molecule has 0 aliphatic rings. The largest absolute Gasteiger partial charge is 0.270 e. The van der Waals surface area contributed by atoms with E-state index in [0.29, 0.717) is 0 Å². The zero-order chi connectivity index (χ0) is 10.3. The van der Waals surface area contributed by atoms with Gasteiger partial charge in [0.1, 0.15) is 0 Å². The quantitative estimate of drug-likeness (QED) is 0.468. The average Bonchev–Trinajstić information content (AvgIpc) is 2.00. The van der Waals surface area contributed by atoms with Gasteiger partial charge >= 0.3 is 0 Å². The highest BCUT2D eigenvalue weighted by atomic mass is 32.2. The van der Waals surface area contributed by atoms with Crippen molar-refractivity contribution in [2.75, 3.05) is 12.9 Å². The summed E-state index contributed by atoms with van der Waals surface area (Å²) >= 11 is 0. The topological polar surface area (TPSA) is 43.4 Å². The van der Waals surface area contributed by atoms with Crippen molar-refractivity contribution in [1.82, 2.24) is 0 Å². The highest BCUT2D eigenvalue weighted by molar-refractivity contribution is 7.85. The summed E-state index contributed by atoms with van der Waals surface area (Å²) in [5, 5.41) is 0. The van der Waals surface area contributed by atoms with Gasteiger partial charge in [-0.2, -0.15) is 8.42 Å². The van der Waals surface area contributed by atoms with E-state index >= 15 is 0 Å². The highest BCUT2D eigenvalue weighted by Crippen LogP contribution is 2.11. The van der Waals surface area contributed by atoms with Gasteiger partial charge in [-0.25, -0.2) is 0 Å². The standard InChI is InChI=1S/C9H16O3S/c1-4-6-9(7-5-2)8-12-13(3,10)11/h4-5,9H,1-2,6-8H2,3H3. The van der Waals surface area contributed by atoms with Crippen LogP contribution in [0.5, 0.6) is 0 Å². The number of hydrogen-bond acceptors (Lipinski definition) is 3. The third-order valence-corrected chi connectivity index (χ3v) is 2.08. The SMILES string of the molecule is C=CCC(CC=C)COS(C)(=O)=O. The normalized spacial score (nSPS) is 11.5. The summed E-state index contributed by atoms with van der Waals surface area (Å²) in [4.78, 5) is 0. The van der Waals surface area contributed by atoms with Crippen LogP contribution < -0.4 is 0 Å². The summed E-state index contributed by atoms with van der Waals surface area (Å²) in [5.74, 6) is 0.157. The van der Waals surface area contributed by atoms with Crippen molar-refractivity contribution in [2.24, 2.45) is 5.92 Å². The summed E-state index contributed by atoms with van der Waals surface area (Å²) in [6, 6.07) is 0. The van der Waals surface area contributed by atoms with E-state index in [9.17, 15) is 8.42 Å². The zero-order valence-corrected chi connectivity index (χ0v) is 8.72. The molecule has 0 saturated heterocycles.